The SMILES string of the molecule is CCOc1cccc(NS(=O)(=O)CC(C)CCl)c1. The molecule has 0 amide bonds. The molecule has 0 bridgehead atoms. The average Bonchev–Trinajstić information content (AvgIpc) is 2.28. The number of nitrogens with one attached hydrogen (secondary N) is 1. The number of sulfonamides is 1. The molecule has 1 unspecified atom stereocenters. The summed E-state index contributed by atoms with van der Waals surface area (Å²) in [4.78, 5) is 0. The number of halogens is 1. The van der Waals surface area contributed by atoms with Crippen LogP contribution in [0.2, 0.25) is 0 Å². The van der Waals surface area contributed by atoms with Gasteiger partial charge in [-0.3, -0.25) is 4.72 Å². The summed E-state index contributed by atoms with van der Waals surface area (Å²) in [5.41, 5.74) is 0.503. The molecule has 1 aromatic carbocycles. The fourth-order valence-corrected chi connectivity index (χ4v) is 3.13. The van der Waals surface area contributed by atoms with Gasteiger partial charge in [0.15, 0.2) is 0 Å². The minimum atomic E-state index is -3.37. The summed E-state index contributed by atoms with van der Waals surface area (Å²) >= 11 is 5.62. The number of benzene rings is 1. The first kappa shape index (κ1) is 15.1. The second kappa shape index (κ2) is 6.85. The molecule has 0 aromatic heterocycles. The van der Waals surface area contributed by atoms with Crippen molar-refractivity contribution in [1.29, 1.82) is 0 Å². The lowest BCUT2D eigenvalue weighted by molar-refractivity contribution is 0.340. The molecule has 6 heteroatoms. The van der Waals surface area contributed by atoms with Crippen molar-refractivity contribution in [3.63, 3.8) is 0 Å². The summed E-state index contributed by atoms with van der Waals surface area (Å²) in [6.07, 6.45) is 0. The van der Waals surface area contributed by atoms with Crippen LogP contribution in [-0.2, 0) is 10.0 Å². The molecule has 1 rings (SSSR count). The molecule has 4 nitrogen and oxygen atoms in total. The minimum Gasteiger partial charge on any atom is -0.494 e. The molecule has 0 radical (unpaired) electrons. The van der Waals surface area contributed by atoms with Gasteiger partial charge in [0.25, 0.3) is 0 Å². The van der Waals surface area contributed by atoms with Gasteiger partial charge in [-0.2, -0.15) is 0 Å². The van der Waals surface area contributed by atoms with Crippen LogP contribution in [0, 0.1) is 5.92 Å². The lowest BCUT2D eigenvalue weighted by Gasteiger charge is -2.12. The van der Waals surface area contributed by atoms with E-state index in [9.17, 15) is 8.42 Å². The van der Waals surface area contributed by atoms with Gasteiger partial charge in [0, 0.05) is 11.9 Å². The Balaban J connectivity index is 2.74. The Kier molecular flexibility index (Phi) is 5.75. The molecule has 0 spiro atoms. The highest BCUT2D eigenvalue weighted by molar-refractivity contribution is 7.92. The number of hydrogen-bond acceptors (Lipinski definition) is 3. The highest BCUT2D eigenvalue weighted by atomic mass is 35.5. The van der Waals surface area contributed by atoms with Crippen LogP contribution < -0.4 is 9.46 Å². The summed E-state index contributed by atoms with van der Waals surface area (Å²) in [7, 11) is -3.37. The fraction of sp³-hybridized carbons (Fsp3) is 0.500. The van der Waals surface area contributed by atoms with Crippen molar-refractivity contribution in [1.82, 2.24) is 0 Å². The molecule has 0 aliphatic heterocycles. The average molecular weight is 292 g/mol. The van der Waals surface area contributed by atoms with Crippen LogP contribution in [-0.4, -0.2) is 26.7 Å². The molecule has 0 saturated carbocycles. The van der Waals surface area contributed by atoms with E-state index in [2.05, 4.69) is 4.72 Å². The van der Waals surface area contributed by atoms with E-state index in [4.69, 9.17) is 16.3 Å². The quantitative estimate of drug-likeness (QED) is 0.786. The van der Waals surface area contributed by atoms with Crippen LogP contribution in [0.1, 0.15) is 13.8 Å². The first-order chi connectivity index (χ1) is 8.46. The van der Waals surface area contributed by atoms with E-state index in [-0.39, 0.29) is 11.7 Å². The Morgan fingerprint density at radius 3 is 2.78 bits per heavy atom. The maximum absolute atomic E-state index is 11.8. The molecule has 1 aromatic rings. The Labute approximate surface area is 113 Å². The lowest BCUT2D eigenvalue weighted by atomic mass is 10.3. The first-order valence-electron chi connectivity index (χ1n) is 5.76. The number of ether oxygens (including phenoxy) is 1. The molecule has 18 heavy (non-hydrogen) atoms. The predicted molar refractivity (Wildman–Crippen MR) is 74.9 cm³/mol. The summed E-state index contributed by atoms with van der Waals surface area (Å²) in [5.74, 6) is 0.886. The topological polar surface area (TPSA) is 55.4 Å². The molecule has 0 aliphatic carbocycles. The van der Waals surface area contributed by atoms with Crippen molar-refractivity contribution >= 4 is 27.3 Å². The van der Waals surface area contributed by atoms with Crippen LogP contribution in [0.4, 0.5) is 5.69 Å². The smallest absolute Gasteiger partial charge is 0.233 e. The van der Waals surface area contributed by atoms with Gasteiger partial charge in [0.05, 0.1) is 18.0 Å². The minimum absolute atomic E-state index is 0.00929. The van der Waals surface area contributed by atoms with Gasteiger partial charge in [-0.1, -0.05) is 13.0 Å². The molecule has 0 heterocycles. The maximum Gasteiger partial charge on any atom is 0.233 e. The van der Waals surface area contributed by atoms with Crippen molar-refractivity contribution in [2.24, 2.45) is 5.92 Å². The molecule has 0 aliphatic rings. The van der Waals surface area contributed by atoms with Crippen LogP contribution in [0.5, 0.6) is 5.75 Å². The number of anilines is 1. The van der Waals surface area contributed by atoms with Gasteiger partial charge in [0.1, 0.15) is 5.75 Å². The Hall–Kier alpha value is -0.940. The van der Waals surface area contributed by atoms with Crippen LogP contribution >= 0.6 is 11.6 Å². The van der Waals surface area contributed by atoms with Gasteiger partial charge in [-0.25, -0.2) is 8.42 Å². The van der Waals surface area contributed by atoms with E-state index in [1.54, 1.807) is 31.2 Å². The van der Waals surface area contributed by atoms with Crippen LogP contribution in [0.25, 0.3) is 0 Å². The molecule has 1 atom stereocenters. The third-order valence-electron chi connectivity index (χ3n) is 2.19. The molecule has 0 fully saturated rings. The fourth-order valence-electron chi connectivity index (χ4n) is 1.46. The molecule has 0 saturated heterocycles. The van der Waals surface area contributed by atoms with Crippen LogP contribution in [0.15, 0.2) is 24.3 Å². The van der Waals surface area contributed by atoms with E-state index in [0.717, 1.165) is 0 Å². The van der Waals surface area contributed by atoms with Crippen molar-refractivity contribution in [3.8, 4) is 5.75 Å². The highest BCUT2D eigenvalue weighted by Gasteiger charge is 2.15. The second-order valence-corrected chi connectivity index (χ2v) is 6.18. The van der Waals surface area contributed by atoms with E-state index in [1.165, 1.54) is 0 Å². The lowest BCUT2D eigenvalue weighted by Crippen LogP contribution is -2.22. The molecule has 102 valence electrons. The van der Waals surface area contributed by atoms with E-state index >= 15 is 0 Å². The van der Waals surface area contributed by atoms with Gasteiger partial charge in [0.2, 0.25) is 10.0 Å². The Bertz CT molecular complexity index is 476. The summed E-state index contributed by atoms with van der Waals surface area (Å²) in [6.45, 7) is 4.21. The van der Waals surface area contributed by atoms with Gasteiger partial charge < -0.3 is 4.74 Å². The van der Waals surface area contributed by atoms with Crippen molar-refractivity contribution in [2.75, 3.05) is 23.0 Å². The number of hydrogen-bond donors (Lipinski definition) is 1. The zero-order valence-electron chi connectivity index (χ0n) is 10.5. The summed E-state index contributed by atoms with van der Waals surface area (Å²) in [6, 6.07) is 6.87. The Morgan fingerprint density at radius 2 is 2.17 bits per heavy atom. The zero-order valence-corrected chi connectivity index (χ0v) is 12.1. The largest absolute Gasteiger partial charge is 0.494 e. The van der Waals surface area contributed by atoms with E-state index < -0.39 is 10.0 Å². The molecular formula is C12H18ClNO3S. The highest BCUT2D eigenvalue weighted by Crippen LogP contribution is 2.19. The normalized spacial score (nSPS) is 13.1. The van der Waals surface area contributed by atoms with Crippen molar-refractivity contribution in [3.05, 3.63) is 24.3 Å². The van der Waals surface area contributed by atoms with E-state index in [1.807, 2.05) is 6.92 Å². The van der Waals surface area contributed by atoms with Gasteiger partial charge in [-0.05, 0) is 25.0 Å². The Morgan fingerprint density at radius 1 is 1.44 bits per heavy atom. The molecule has 1 N–H and O–H groups in total. The number of rotatable bonds is 7. The monoisotopic (exact) mass is 291 g/mol. The van der Waals surface area contributed by atoms with Gasteiger partial charge in [-0.15, -0.1) is 11.6 Å². The van der Waals surface area contributed by atoms with Crippen molar-refractivity contribution < 1.29 is 13.2 Å². The predicted octanol–water partition coefficient (Wildman–Crippen LogP) is 2.70. The molecular weight excluding hydrogens is 274 g/mol. The zero-order chi connectivity index (χ0) is 13.6. The standard InChI is InChI=1S/C12H18ClNO3S/c1-3-17-12-6-4-5-11(7-12)14-18(15,16)9-10(2)8-13/h4-7,10,14H,3,8-9H2,1-2H3. The summed E-state index contributed by atoms with van der Waals surface area (Å²) < 4.78 is 31.5. The maximum atomic E-state index is 11.8. The third kappa shape index (κ3) is 5.14. The van der Waals surface area contributed by atoms with Gasteiger partial charge >= 0.3 is 0 Å². The van der Waals surface area contributed by atoms with Crippen LogP contribution in [0.3, 0.4) is 0 Å². The summed E-state index contributed by atoms with van der Waals surface area (Å²) in [5, 5.41) is 0. The van der Waals surface area contributed by atoms with Crippen molar-refractivity contribution in [2.45, 2.75) is 13.8 Å². The number of alkyl halides is 1. The van der Waals surface area contributed by atoms with E-state index in [0.29, 0.717) is 23.9 Å². The second-order valence-electron chi connectivity index (χ2n) is 4.10. The third-order valence-corrected chi connectivity index (χ3v) is 4.27. The first-order valence-corrected chi connectivity index (χ1v) is 7.95.